The van der Waals surface area contributed by atoms with Gasteiger partial charge in [0.15, 0.2) is 0 Å². The molecule has 0 N–H and O–H groups in total. The molecule has 13 heteroatoms. The third kappa shape index (κ3) is 17.2. The van der Waals surface area contributed by atoms with E-state index in [9.17, 15) is 20.4 Å². The molecule has 4 rings (SSSR count). The first-order chi connectivity index (χ1) is 23.3. The molecule has 0 saturated heterocycles. The molecule has 4 nitrogen and oxygen atoms in total. The van der Waals surface area contributed by atoms with E-state index in [2.05, 4.69) is 211 Å². The van der Waals surface area contributed by atoms with E-state index >= 15 is 0 Å². The van der Waals surface area contributed by atoms with E-state index in [0.29, 0.717) is 35.8 Å². The van der Waals surface area contributed by atoms with Crippen LogP contribution in [0.25, 0.3) is 0 Å². The third-order valence-electron chi connectivity index (χ3n) is 7.46. The van der Waals surface area contributed by atoms with Crippen LogP contribution in [0.2, 0.25) is 0 Å². The van der Waals surface area contributed by atoms with Crippen molar-refractivity contribution < 1.29 is 42.1 Å². The van der Waals surface area contributed by atoms with Gasteiger partial charge in [-0.15, -0.1) is 0 Å². The van der Waals surface area contributed by atoms with Crippen LogP contribution < -0.4 is 20.4 Å². The molecule has 0 aromatic heterocycles. The number of hydrogen-bond donors (Lipinski definition) is 0. The summed E-state index contributed by atoms with van der Waals surface area (Å²) in [7, 11) is 0. The van der Waals surface area contributed by atoms with Gasteiger partial charge in [0, 0.05) is 35.8 Å². The van der Waals surface area contributed by atoms with Crippen molar-refractivity contribution >= 4 is 127 Å². The Kier molecular flexibility index (Phi) is 21.8. The van der Waals surface area contributed by atoms with Crippen molar-refractivity contribution in [1.82, 2.24) is 0 Å². The Balaban J connectivity index is 0.000000676. The van der Waals surface area contributed by atoms with Gasteiger partial charge in [0.05, 0.1) is 0 Å². The molecule has 0 amide bonds. The summed E-state index contributed by atoms with van der Waals surface area (Å²) in [6.07, 6.45) is 0. The Morgan fingerprint density at radius 3 is 0.453 bits per heavy atom. The second kappa shape index (κ2) is 21.6. The molecule has 0 aliphatic carbocycles. The van der Waals surface area contributed by atoms with E-state index in [1.165, 1.54) is 0 Å². The van der Waals surface area contributed by atoms with Crippen molar-refractivity contribution in [2.45, 2.75) is 105 Å². The van der Waals surface area contributed by atoms with Crippen LogP contribution in [0.1, 0.15) is 105 Å². The molecule has 0 radical (unpaired) electrons. The van der Waals surface area contributed by atoms with Crippen molar-refractivity contribution in [3.05, 3.63) is 107 Å². The first-order valence-electron chi connectivity index (χ1n) is 15.9. The monoisotopic (exact) mass is 1270 g/mol. The molecule has 53 heavy (non-hydrogen) atoms. The minimum atomic E-state index is 0. The zero-order valence-corrected chi connectivity index (χ0v) is 46.0. The minimum Gasteiger partial charge on any atom is -0.871 e. The van der Waals surface area contributed by atoms with E-state index in [4.69, 9.17) is 0 Å². The SMILES string of the molecule is CC(C)(C)c1cc(Br)c([O-])c(Br)c1.CC(C)(C)c1cc(Br)c([O-])c(Br)c1.CC(C)(C)c1cc(Br)c([O-])c(Br)c1.CC(C)(C)c1cc(Br)c([O-])c(Br)c1.[Ti+4]. The van der Waals surface area contributed by atoms with Gasteiger partial charge in [0.1, 0.15) is 0 Å². The molecule has 0 atom stereocenters. The Labute approximate surface area is 399 Å². The van der Waals surface area contributed by atoms with Crippen molar-refractivity contribution in [2.24, 2.45) is 0 Å². The summed E-state index contributed by atoms with van der Waals surface area (Å²) in [5.41, 5.74) is 4.85. The summed E-state index contributed by atoms with van der Waals surface area (Å²) < 4.78 is 4.94. The van der Waals surface area contributed by atoms with Gasteiger partial charge < -0.3 is 20.4 Å². The standard InChI is InChI=1S/4C10H12Br2O.Ti/c4*1-10(2,3)6-4-7(11)9(13)8(12)5-6;/h4*4-5,13H,1-3H3;/q;;;;+4/p-4. The summed E-state index contributed by atoms with van der Waals surface area (Å²) in [5.74, 6) is 0.0296. The predicted octanol–water partition coefficient (Wildman–Crippen LogP) is 14.3. The van der Waals surface area contributed by atoms with Crippen LogP contribution in [0.5, 0.6) is 23.0 Å². The molecule has 0 bridgehead atoms. The molecule has 4 aromatic carbocycles. The Bertz CT molecular complexity index is 1490. The van der Waals surface area contributed by atoms with Gasteiger partial charge in [-0.05, 0) is 92.4 Å². The van der Waals surface area contributed by atoms with Gasteiger partial charge in [-0.1, -0.05) is 234 Å². The van der Waals surface area contributed by atoms with Crippen LogP contribution in [0.4, 0.5) is 0 Å². The summed E-state index contributed by atoms with van der Waals surface area (Å²) in [6.45, 7) is 25.4. The average molecular weight is 1280 g/mol. The van der Waals surface area contributed by atoms with Crippen LogP contribution in [-0.4, -0.2) is 0 Å². The molecule has 0 fully saturated rings. The van der Waals surface area contributed by atoms with Gasteiger partial charge in [-0.25, -0.2) is 0 Å². The second-order valence-corrected chi connectivity index (χ2v) is 22.9. The average Bonchev–Trinajstić information content (AvgIpc) is 2.98. The van der Waals surface area contributed by atoms with E-state index in [0.717, 1.165) is 22.3 Å². The van der Waals surface area contributed by atoms with E-state index in [1.54, 1.807) is 0 Å². The Hall–Kier alpha value is 0.634. The number of rotatable bonds is 0. The Morgan fingerprint density at radius 2 is 0.377 bits per heavy atom. The maximum absolute atomic E-state index is 11.4. The van der Waals surface area contributed by atoms with Gasteiger partial charge in [0.2, 0.25) is 0 Å². The van der Waals surface area contributed by atoms with E-state index < -0.39 is 0 Å². The fourth-order valence-electron chi connectivity index (χ4n) is 3.97. The molecule has 0 aliphatic rings. The molecular weight excluding hydrogens is 1230 g/mol. The van der Waals surface area contributed by atoms with Crippen LogP contribution in [0.15, 0.2) is 84.3 Å². The third-order valence-corrected chi connectivity index (χ3v) is 12.2. The maximum Gasteiger partial charge on any atom is 4.00 e. The van der Waals surface area contributed by atoms with Crippen molar-refractivity contribution in [2.75, 3.05) is 0 Å². The number of halogens is 8. The zero-order chi connectivity index (χ0) is 40.9. The molecule has 4 aromatic rings. The molecule has 0 unspecified atom stereocenters. The normalized spacial score (nSPS) is 11.5. The number of benzene rings is 4. The molecule has 0 heterocycles. The minimum absolute atomic E-state index is 0. The fraction of sp³-hybridized carbons (Fsp3) is 0.400. The fourth-order valence-corrected chi connectivity index (χ4v) is 8.72. The quantitative estimate of drug-likeness (QED) is 0.164. The summed E-state index contributed by atoms with van der Waals surface area (Å²) >= 11 is 26.0. The first kappa shape index (κ1) is 53.6. The van der Waals surface area contributed by atoms with Gasteiger partial charge in [0.25, 0.3) is 0 Å². The first-order valence-corrected chi connectivity index (χ1v) is 22.3. The van der Waals surface area contributed by atoms with Crippen molar-refractivity contribution in [1.29, 1.82) is 0 Å². The molecule has 0 spiro atoms. The molecule has 0 aliphatic heterocycles. The van der Waals surface area contributed by atoms with Gasteiger partial charge in [-0.3, -0.25) is 0 Å². The van der Waals surface area contributed by atoms with Gasteiger partial charge >= 0.3 is 21.7 Å². The van der Waals surface area contributed by atoms with E-state index in [-0.39, 0.29) is 66.4 Å². The Morgan fingerprint density at radius 1 is 0.283 bits per heavy atom. The molecule has 0 saturated carbocycles. The zero-order valence-electron chi connectivity index (χ0n) is 31.8. The van der Waals surface area contributed by atoms with Crippen LogP contribution in [0.3, 0.4) is 0 Å². The van der Waals surface area contributed by atoms with Crippen LogP contribution >= 0.6 is 127 Å². The van der Waals surface area contributed by atoms with Crippen molar-refractivity contribution in [3.8, 4) is 23.0 Å². The summed E-state index contributed by atoms with van der Waals surface area (Å²) in [4.78, 5) is 0. The topological polar surface area (TPSA) is 92.2 Å². The van der Waals surface area contributed by atoms with Crippen LogP contribution in [-0.2, 0) is 43.4 Å². The van der Waals surface area contributed by atoms with Gasteiger partial charge in [-0.2, -0.15) is 0 Å². The molecule has 288 valence electrons. The second-order valence-electron chi connectivity index (χ2n) is 16.1. The molecular formula is C40H44Br8O4Ti. The largest absolute Gasteiger partial charge is 4.00 e. The van der Waals surface area contributed by atoms with Crippen LogP contribution in [0, 0.1) is 0 Å². The predicted molar refractivity (Wildman–Crippen MR) is 240 cm³/mol. The maximum atomic E-state index is 11.4. The summed E-state index contributed by atoms with van der Waals surface area (Å²) in [6, 6.07) is 15.1. The van der Waals surface area contributed by atoms with E-state index in [1.807, 2.05) is 48.5 Å². The summed E-state index contributed by atoms with van der Waals surface area (Å²) in [5, 5.41) is 45.4. The smallest absolute Gasteiger partial charge is 0.871 e. The van der Waals surface area contributed by atoms with Crippen molar-refractivity contribution in [3.63, 3.8) is 0 Å². The number of hydrogen-bond acceptors (Lipinski definition) is 4.